The van der Waals surface area contributed by atoms with E-state index >= 15 is 0 Å². The summed E-state index contributed by atoms with van der Waals surface area (Å²) in [6.45, 7) is 8.92. The molecule has 5 heteroatoms. The van der Waals surface area contributed by atoms with Gasteiger partial charge in [0.2, 0.25) is 0 Å². The van der Waals surface area contributed by atoms with Crippen molar-refractivity contribution < 1.29 is 9.84 Å². The van der Waals surface area contributed by atoms with Gasteiger partial charge in [-0.25, -0.2) is 0 Å². The fraction of sp³-hybridized carbons (Fsp3) is 0.800. The Balaban J connectivity index is 1.84. The van der Waals surface area contributed by atoms with E-state index in [0.29, 0.717) is 12.7 Å². The summed E-state index contributed by atoms with van der Waals surface area (Å²) in [4.78, 5) is 2.47. The average Bonchev–Trinajstić information content (AvgIpc) is 2.88. The molecule has 1 fully saturated rings. The quantitative estimate of drug-likeness (QED) is 0.821. The molecule has 1 aromatic heterocycles. The van der Waals surface area contributed by atoms with Gasteiger partial charge < -0.3 is 9.84 Å². The zero-order valence-electron chi connectivity index (χ0n) is 12.7. The second kappa shape index (κ2) is 7.76. The first-order valence-electron chi connectivity index (χ1n) is 7.77. The monoisotopic (exact) mass is 281 g/mol. The Morgan fingerprint density at radius 2 is 2.10 bits per heavy atom. The smallest absolute Gasteiger partial charge is 0.0701 e. The summed E-state index contributed by atoms with van der Waals surface area (Å²) in [6.07, 6.45) is 3.43. The number of rotatable bonds is 7. The number of aliphatic hydroxyl groups is 1. The Morgan fingerprint density at radius 1 is 1.35 bits per heavy atom. The van der Waals surface area contributed by atoms with Gasteiger partial charge in [0, 0.05) is 26.2 Å². The lowest BCUT2D eigenvalue weighted by Gasteiger charge is -2.31. The molecule has 2 rings (SSSR count). The van der Waals surface area contributed by atoms with E-state index in [9.17, 15) is 0 Å². The van der Waals surface area contributed by atoms with E-state index in [-0.39, 0.29) is 6.61 Å². The van der Waals surface area contributed by atoms with Crippen LogP contribution < -0.4 is 0 Å². The third kappa shape index (κ3) is 4.04. The van der Waals surface area contributed by atoms with Crippen LogP contribution in [0.4, 0.5) is 0 Å². The van der Waals surface area contributed by atoms with Gasteiger partial charge in [-0.3, -0.25) is 9.58 Å². The largest absolute Gasteiger partial charge is 0.394 e. The Kier molecular flexibility index (Phi) is 6.01. The number of aromatic nitrogens is 2. The molecule has 1 N–H and O–H groups in total. The van der Waals surface area contributed by atoms with Crippen LogP contribution >= 0.6 is 0 Å². The highest BCUT2D eigenvalue weighted by molar-refractivity contribution is 5.10. The number of hydrogen-bond acceptors (Lipinski definition) is 4. The van der Waals surface area contributed by atoms with E-state index in [1.807, 2.05) is 0 Å². The van der Waals surface area contributed by atoms with Crippen LogP contribution in [0.2, 0.25) is 0 Å². The van der Waals surface area contributed by atoms with Gasteiger partial charge in [0.15, 0.2) is 0 Å². The lowest BCUT2D eigenvalue weighted by Crippen LogP contribution is -2.37. The van der Waals surface area contributed by atoms with Crippen molar-refractivity contribution >= 4 is 0 Å². The first-order valence-corrected chi connectivity index (χ1v) is 7.77. The molecule has 114 valence electrons. The maximum absolute atomic E-state index is 8.78. The molecule has 5 nitrogen and oxygen atoms in total. The standard InChI is InChI=1S/C15H27N3O2/c1-3-13-11-14(18(4-2)16-13)12-17-7-5-15(6-8-17)20-10-9-19/h11,15,19H,3-10,12H2,1-2H3. The van der Waals surface area contributed by atoms with E-state index in [1.165, 1.54) is 11.4 Å². The highest BCUT2D eigenvalue weighted by Gasteiger charge is 2.20. The van der Waals surface area contributed by atoms with Gasteiger partial charge in [0.25, 0.3) is 0 Å². The van der Waals surface area contributed by atoms with Crippen LogP contribution in [0.25, 0.3) is 0 Å². The van der Waals surface area contributed by atoms with Crippen LogP contribution in [0, 0.1) is 0 Å². The molecule has 0 aliphatic carbocycles. The fourth-order valence-electron chi connectivity index (χ4n) is 2.77. The van der Waals surface area contributed by atoms with Crippen LogP contribution in [0.15, 0.2) is 6.07 Å². The van der Waals surface area contributed by atoms with Crippen LogP contribution in [0.1, 0.15) is 38.1 Å². The summed E-state index contributed by atoms with van der Waals surface area (Å²) in [5.41, 5.74) is 2.50. The summed E-state index contributed by atoms with van der Waals surface area (Å²) in [6, 6.07) is 2.23. The van der Waals surface area contributed by atoms with E-state index in [4.69, 9.17) is 9.84 Å². The van der Waals surface area contributed by atoms with Gasteiger partial charge in [0.05, 0.1) is 30.7 Å². The zero-order valence-corrected chi connectivity index (χ0v) is 12.7. The van der Waals surface area contributed by atoms with Gasteiger partial charge in [-0.1, -0.05) is 6.92 Å². The number of nitrogens with zero attached hydrogens (tertiary/aromatic N) is 3. The number of likely N-dealkylation sites (tertiary alicyclic amines) is 1. The van der Waals surface area contributed by atoms with Crippen LogP contribution in [-0.4, -0.2) is 52.2 Å². The Hall–Kier alpha value is -0.910. The van der Waals surface area contributed by atoms with Crippen molar-refractivity contribution in [1.82, 2.24) is 14.7 Å². The van der Waals surface area contributed by atoms with Gasteiger partial charge in [0.1, 0.15) is 0 Å². The molecule has 0 unspecified atom stereocenters. The van der Waals surface area contributed by atoms with Crippen molar-refractivity contribution in [3.8, 4) is 0 Å². The first-order chi connectivity index (χ1) is 9.76. The second-order valence-corrected chi connectivity index (χ2v) is 5.37. The van der Waals surface area contributed by atoms with Gasteiger partial charge in [-0.05, 0) is 32.3 Å². The van der Waals surface area contributed by atoms with E-state index < -0.39 is 0 Å². The molecule has 0 saturated carbocycles. The zero-order chi connectivity index (χ0) is 14.4. The van der Waals surface area contributed by atoms with Crippen molar-refractivity contribution in [2.24, 2.45) is 0 Å². The predicted molar refractivity (Wildman–Crippen MR) is 78.6 cm³/mol. The molecule has 1 aliphatic heterocycles. The van der Waals surface area contributed by atoms with E-state index in [0.717, 1.165) is 45.4 Å². The molecule has 0 spiro atoms. The molecule has 0 amide bonds. The molecular weight excluding hydrogens is 254 g/mol. The summed E-state index contributed by atoms with van der Waals surface area (Å²) in [5, 5.41) is 13.4. The lowest BCUT2D eigenvalue weighted by molar-refractivity contribution is -0.00937. The van der Waals surface area contributed by atoms with E-state index in [2.05, 4.69) is 34.6 Å². The van der Waals surface area contributed by atoms with Crippen LogP contribution in [0.5, 0.6) is 0 Å². The molecule has 0 radical (unpaired) electrons. The number of piperidine rings is 1. The van der Waals surface area contributed by atoms with Crippen LogP contribution in [-0.2, 0) is 24.2 Å². The number of hydrogen-bond donors (Lipinski definition) is 1. The molecule has 0 atom stereocenters. The average molecular weight is 281 g/mol. The molecule has 2 heterocycles. The Labute approximate surface area is 121 Å². The maximum atomic E-state index is 8.78. The first kappa shape index (κ1) is 15.5. The highest BCUT2D eigenvalue weighted by Crippen LogP contribution is 2.17. The third-order valence-electron chi connectivity index (χ3n) is 3.94. The summed E-state index contributed by atoms with van der Waals surface area (Å²) >= 11 is 0. The topological polar surface area (TPSA) is 50.5 Å². The SMILES string of the molecule is CCc1cc(CN2CCC(OCCO)CC2)n(CC)n1. The second-order valence-electron chi connectivity index (χ2n) is 5.37. The van der Waals surface area contributed by atoms with Gasteiger partial charge in [-0.15, -0.1) is 0 Å². The molecule has 1 aliphatic rings. The normalized spacial score (nSPS) is 17.8. The van der Waals surface area contributed by atoms with Crippen molar-refractivity contribution in [2.75, 3.05) is 26.3 Å². The number of ether oxygens (including phenoxy) is 1. The fourth-order valence-corrected chi connectivity index (χ4v) is 2.77. The molecule has 1 saturated heterocycles. The summed E-state index contributed by atoms with van der Waals surface area (Å²) < 4.78 is 7.72. The van der Waals surface area contributed by atoms with Crippen molar-refractivity contribution in [3.05, 3.63) is 17.5 Å². The van der Waals surface area contributed by atoms with Crippen molar-refractivity contribution in [2.45, 2.75) is 52.3 Å². The molecular formula is C15H27N3O2. The number of aryl methyl sites for hydroxylation is 2. The highest BCUT2D eigenvalue weighted by atomic mass is 16.5. The lowest BCUT2D eigenvalue weighted by atomic mass is 10.1. The van der Waals surface area contributed by atoms with Crippen molar-refractivity contribution in [1.29, 1.82) is 0 Å². The Bertz CT molecular complexity index is 398. The minimum Gasteiger partial charge on any atom is -0.394 e. The predicted octanol–water partition coefficient (Wildman–Crippen LogP) is 1.44. The van der Waals surface area contributed by atoms with Gasteiger partial charge in [-0.2, -0.15) is 5.10 Å². The maximum Gasteiger partial charge on any atom is 0.0701 e. The molecule has 0 bridgehead atoms. The minimum absolute atomic E-state index is 0.121. The molecule has 0 aromatic carbocycles. The van der Waals surface area contributed by atoms with Crippen LogP contribution in [0.3, 0.4) is 0 Å². The minimum atomic E-state index is 0.121. The Morgan fingerprint density at radius 3 is 2.70 bits per heavy atom. The van der Waals surface area contributed by atoms with Gasteiger partial charge >= 0.3 is 0 Å². The molecule has 1 aromatic rings. The summed E-state index contributed by atoms with van der Waals surface area (Å²) in [5.74, 6) is 0. The molecule has 20 heavy (non-hydrogen) atoms. The number of aliphatic hydroxyl groups excluding tert-OH is 1. The van der Waals surface area contributed by atoms with E-state index in [1.54, 1.807) is 0 Å². The van der Waals surface area contributed by atoms with Crippen molar-refractivity contribution in [3.63, 3.8) is 0 Å². The third-order valence-corrected chi connectivity index (χ3v) is 3.94. The summed E-state index contributed by atoms with van der Waals surface area (Å²) in [7, 11) is 0.